The number of benzene rings is 1. The molecule has 0 spiro atoms. The van der Waals surface area contributed by atoms with Gasteiger partial charge in [0, 0.05) is 23.3 Å². The Kier molecular flexibility index (Phi) is 4.36. The number of nitrogens with zero attached hydrogens (tertiary/aromatic N) is 1. The van der Waals surface area contributed by atoms with Crippen LogP contribution in [0.15, 0.2) is 29.9 Å². The number of hydrogen-bond acceptors (Lipinski definition) is 4. The molecule has 17 heavy (non-hydrogen) atoms. The van der Waals surface area contributed by atoms with E-state index in [0.29, 0.717) is 6.61 Å². The fourth-order valence-corrected chi connectivity index (χ4v) is 2.18. The van der Waals surface area contributed by atoms with Crippen molar-refractivity contribution in [3.8, 4) is 5.75 Å². The molecule has 0 aliphatic rings. The summed E-state index contributed by atoms with van der Waals surface area (Å²) in [5, 5.41) is 3.82. The number of nitrogens with one attached hydrogen (secondary N) is 1. The van der Waals surface area contributed by atoms with Crippen LogP contribution >= 0.6 is 22.9 Å². The molecule has 0 unspecified atom stereocenters. The monoisotopic (exact) mass is 268 g/mol. The molecular formula is C12H13ClN2OS. The first kappa shape index (κ1) is 12.4. The predicted octanol–water partition coefficient (Wildman–Crippen LogP) is 3.09. The molecule has 0 amide bonds. The molecule has 0 fully saturated rings. The third kappa shape index (κ3) is 3.43. The molecule has 0 radical (unpaired) electrons. The Morgan fingerprint density at radius 2 is 2.35 bits per heavy atom. The Labute approximate surface area is 109 Å². The number of ether oxygens (including phenoxy) is 1. The summed E-state index contributed by atoms with van der Waals surface area (Å²) >= 11 is 7.55. The average molecular weight is 269 g/mol. The van der Waals surface area contributed by atoms with E-state index in [1.165, 1.54) is 0 Å². The molecule has 0 atom stereocenters. The molecular weight excluding hydrogens is 256 g/mol. The van der Waals surface area contributed by atoms with Crippen molar-refractivity contribution in [1.82, 2.24) is 10.3 Å². The Hall–Kier alpha value is -1.10. The van der Waals surface area contributed by atoms with Gasteiger partial charge in [-0.1, -0.05) is 11.6 Å². The Balaban J connectivity index is 2.08. The zero-order chi connectivity index (χ0) is 12.1. The second-order valence-corrected chi connectivity index (χ2v) is 4.95. The Morgan fingerprint density at radius 3 is 3.06 bits per heavy atom. The molecule has 1 heterocycles. The summed E-state index contributed by atoms with van der Waals surface area (Å²) in [4.78, 5) is 5.12. The second kappa shape index (κ2) is 6.00. The standard InChI is InChI=1S/C12H13ClN2OS/c1-14-5-9-4-10(13)2-3-12(9)16-7-11-6-15-8-17-11/h2-4,6,8,14H,5,7H2,1H3. The van der Waals surface area contributed by atoms with Crippen LogP contribution in [0.4, 0.5) is 0 Å². The van der Waals surface area contributed by atoms with E-state index in [2.05, 4.69) is 10.3 Å². The van der Waals surface area contributed by atoms with Crippen molar-refractivity contribution in [2.45, 2.75) is 13.2 Å². The van der Waals surface area contributed by atoms with Gasteiger partial charge in [-0.2, -0.15) is 0 Å². The zero-order valence-corrected chi connectivity index (χ0v) is 11.0. The molecule has 3 nitrogen and oxygen atoms in total. The smallest absolute Gasteiger partial charge is 0.124 e. The summed E-state index contributed by atoms with van der Waals surface area (Å²) in [5.41, 5.74) is 2.86. The third-order valence-corrected chi connectivity index (χ3v) is 3.23. The quantitative estimate of drug-likeness (QED) is 0.905. The second-order valence-electron chi connectivity index (χ2n) is 3.54. The third-order valence-electron chi connectivity index (χ3n) is 2.24. The van der Waals surface area contributed by atoms with E-state index in [4.69, 9.17) is 16.3 Å². The van der Waals surface area contributed by atoms with Gasteiger partial charge in [-0.25, -0.2) is 0 Å². The fraction of sp³-hybridized carbons (Fsp3) is 0.250. The van der Waals surface area contributed by atoms with E-state index in [9.17, 15) is 0 Å². The number of thiazole rings is 1. The molecule has 90 valence electrons. The van der Waals surface area contributed by atoms with Gasteiger partial charge in [0.05, 0.1) is 10.4 Å². The van der Waals surface area contributed by atoms with Crippen molar-refractivity contribution in [3.05, 3.63) is 45.4 Å². The zero-order valence-electron chi connectivity index (χ0n) is 9.44. The van der Waals surface area contributed by atoms with Crippen LogP contribution in [-0.2, 0) is 13.2 Å². The summed E-state index contributed by atoms with van der Waals surface area (Å²) < 4.78 is 5.76. The number of halogens is 1. The fourth-order valence-electron chi connectivity index (χ4n) is 1.48. The van der Waals surface area contributed by atoms with Gasteiger partial charge in [0.2, 0.25) is 0 Å². The highest BCUT2D eigenvalue weighted by Crippen LogP contribution is 2.24. The lowest BCUT2D eigenvalue weighted by Crippen LogP contribution is -2.07. The van der Waals surface area contributed by atoms with Crippen molar-refractivity contribution in [3.63, 3.8) is 0 Å². The molecule has 5 heteroatoms. The van der Waals surface area contributed by atoms with Crippen molar-refractivity contribution in [2.24, 2.45) is 0 Å². The lowest BCUT2D eigenvalue weighted by atomic mass is 10.2. The minimum atomic E-state index is 0.545. The Bertz CT molecular complexity index is 473. The van der Waals surface area contributed by atoms with Crippen LogP contribution in [0.5, 0.6) is 5.75 Å². The molecule has 1 aromatic heterocycles. The van der Waals surface area contributed by atoms with E-state index in [1.54, 1.807) is 16.8 Å². The van der Waals surface area contributed by atoms with E-state index in [-0.39, 0.29) is 0 Å². The number of rotatable bonds is 5. The van der Waals surface area contributed by atoms with Crippen molar-refractivity contribution < 1.29 is 4.74 Å². The summed E-state index contributed by atoms with van der Waals surface area (Å²) in [5.74, 6) is 0.858. The van der Waals surface area contributed by atoms with E-state index >= 15 is 0 Å². The largest absolute Gasteiger partial charge is 0.488 e. The van der Waals surface area contributed by atoms with Gasteiger partial charge < -0.3 is 10.1 Å². The van der Waals surface area contributed by atoms with Gasteiger partial charge in [-0.05, 0) is 25.2 Å². The molecule has 0 saturated carbocycles. The number of aromatic nitrogens is 1. The van der Waals surface area contributed by atoms with E-state index in [1.807, 2.05) is 31.4 Å². The maximum atomic E-state index is 5.96. The highest BCUT2D eigenvalue weighted by atomic mass is 35.5. The van der Waals surface area contributed by atoms with Gasteiger partial charge in [0.25, 0.3) is 0 Å². The first-order valence-electron chi connectivity index (χ1n) is 5.23. The van der Waals surface area contributed by atoms with Crippen molar-refractivity contribution >= 4 is 22.9 Å². The van der Waals surface area contributed by atoms with Gasteiger partial charge in [0.15, 0.2) is 0 Å². The van der Waals surface area contributed by atoms with Crippen LogP contribution in [0, 0.1) is 0 Å². The topological polar surface area (TPSA) is 34.1 Å². The van der Waals surface area contributed by atoms with Crippen LogP contribution in [0.3, 0.4) is 0 Å². The van der Waals surface area contributed by atoms with Gasteiger partial charge in [-0.15, -0.1) is 11.3 Å². The van der Waals surface area contributed by atoms with Gasteiger partial charge in [-0.3, -0.25) is 4.98 Å². The SMILES string of the molecule is CNCc1cc(Cl)ccc1OCc1cncs1. The Morgan fingerprint density at radius 1 is 1.47 bits per heavy atom. The number of hydrogen-bond donors (Lipinski definition) is 1. The van der Waals surface area contributed by atoms with Crippen LogP contribution in [-0.4, -0.2) is 12.0 Å². The molecule has 0 aliphatic carbocycles. The highest BCUT2D eigenvalue weighted by Gasteiger charge is 2.05. The maximum Gasteiger partial charge on any atom is 0.124 e. The van der Waals surface area contributed by atoms with Crippen LogP contribution in [0.1, 0.15) is 10.4 Å². The van der Waals surface area contributed by atoms with Gasteiger partial charge >= 0.3 is 0 Å². The van der Waals surface area contributed by atoms with E-state index in [0.717, 1.165) is 27.8 Å². The summed E-state index contributed by atoms with van der Waals surface area (Å²) in [6.45, 7) is 1.28. The van der Waals surface area contributed by atoms with Crippen LogP contribution in [0.2, 0.25) is 5.02 Å². The highest BCUT2D eigenvalue weighted by molar-refractivity contribution is 7.09. The average Bonchev–Trinajstić information content (AvgIpc) is 2.81. The molecule has 0 saturated heterocycles. The molecule has 1 aromatic carbocycles. The van der Waals surface area contributed by atoms with Crippen LogP contribution in [0.25, 0.3) is 0 Å². The van der Waals surface area contributed by atoms with E-state index < -0.39 is 0 Å². The molecule has 1 N–H and O–H groups in total. The molecule has 2 aromatic rings. The lowest BCUT2D eigenvalue weighted by Gasteiger charge is -2.10. The predicted molar refractivity (Wildman–Crippen MR) is 70.7 cm³/mol. The summed E-state index contributed by atoms with van der Waals surface area (Å²) in [7, 11) is 1.90. The molecule has 0 bridgehead atoms. The maximum absolute atomic E-state index is 5.96. The minimum Gasteiger partial charge on any atom is -0.488 e. The first-order chi connectivity index (χ1) is 8.29. The van der Waals surface area contributed by atoms with Crippen molar-refractivity contribution in [2.75, 3.05) is 7.05 Å². The summed E-state index contributed by atoms with van der Waals surface area (Å²) in [6, 6.07) is 5.65. The first-order valence-corrected chi connectivity index (χ1v) is 6.48. The van der Waals surface area contributed by atoms with Gasteiger partial charge in [0.1, 0.15) is 12.4 Å². The molecule has 2 rings (SSSR count). The van der Waals surface area contributed by atoms with Crippen LogP contribution < -0.4 is 10.1 Å². The summed E-state index contributed by atoms with van der Waals surface area (Å²) in [6.07, 6.45) is 1.82. The lowest BCUT2D eigenvalue weighted by molar-refractivity contribution is 0.305. The molecule has 0 aliphatic heterocycles. The normalized spacial score (nSPS) is 10.5. The minimum absolute atomic E-state index is 0.545. The van der Waals surface area contributed by atoms with Crippen molar-refractivity contribution in [1.29, 1.82) is 0 Å².